The lowest BCUT2D eigenvalue weighted by atomic mass is 10.0. The molecule has 6 heteroatoms. The van der Waals surface area contributed by atoms with Crippen LogP contribution in [0.4, 0.5) is 5.82 Å². The summed E-state index contributed by atoms with van der Waals surface area (Å²) in [6.07, 6.45) is 12.5. The first kappa shape index (κ1) is 27.1. The van der Waals surface area contributed by atoms with Gasteiger partial charge in [0.15, 0.2) is 0 Å². The number of likely N-dealkylation sites (tertiary alicyclic amines) is 2. The van der Waals surface area contributed by atoms with Gasteiger partial charge in [-0.2, -0.15) is 5.10 Å². The average molecular weight is 523 g/mol. The third-order valence-corrected chi connectivity index (χ3v) is 7.96. The van der Waals surface area contributed by atoms with Gasteiger partial charge in [0.1, 0.15) is 5.82 Å². The van der Waals surface area contributed by atoms with Crippen LogP contribution < -0.4 is 5.32 Å². The number of aromatic nitrogens is 3. The lowest BCUT2D eigenvalue weighted by Crippen LogP contribution is -2.30. The maximum Gasteiger partial charge on any atom is 0.126 e. The number of hydrogen-bond donors (Lipinski definition) is 1. The summed E-state index contributed by atoms with van der Waals surface area (Å²) in [6.45, 7) is 10.8. The lowest BCUT2D eigenvalue weighted by Gasteiger charge is -2.26. The molecule has 1 N–H and O–H groups in total. The highest BCUT2D eigenvalue weighted by Crippen LogP contribution is 2.29. The predicted molar refractivity (Wildman–Crippen MR) is 164 cm³/mol. The van der Waals surface area contributed by atoms with Crippen molar-refractivity contribution in [2.45, 2.75) is 45.2 Å². The summed E-state index contributed by atoms with van der Waals surface area (Å²) < 4.78 is 2.03. The number of pyridine rings is 1. The number of nitrogens with zero attached hydrogens (tertiary/aromatic N) is 5. The van der Waals surface area contributed by atoms with Gasteiger partial charge in [0.25, 0.3) is 0 Å². The van der Waals surface area contributed by atoms with Crippen molar-refractivity contribution in [1.29, 1.82) is 0 Å². The van der Waals surface area contributed by atoms with E-state index in [0.717, 1.165) is 24.3 Å². The van der Waals surface area contributed by atoms with Gasteiger partial charge in [-0.25, -0.2) is 4.98 Å². The minimum atomic E-state index is 0.893. The summed E-state index contributed by atoms with van der Waals surface area (Å²) in [5.41, 5.74) is 6.38. The molecule has 6 nitrogen and oxygen atoms in total. The van der Waals surface area contributed by atoms with E-state index >= 15 is 0 Å². The first-order valence-corrected chi connectivity index (χ1v) is 14.4. The Morgan fingerprint density at radius 1 is 0.846 bits per heavy atom. The Balaban J connectivity index is 0.000000186. The molecule has 4 heterocycles. The lowest BCUT2D eigenvalue weighted by molar-refractivity contribution is 0.216. The molecule has 0 atom stereocenters. The van der Waals surface area contributed by atoms with Gasteiger partial charge in [0, 0.05) is 44.3 Å². The van der Waals surface area contributed by atoms with E-state index in [0.29, 0.717) is 0 Å². The van der Waals surface area contributed by atoms with Crippen LogP contribution in [0.25, 0.3) is 28.0 Å². The molecule has 2 aromatic heterocycles. The number of nitrogens with one attached hydrogen (secondary N) is 1. The van der Waals surface area contributed by atoms with E-state index < -0.39 is 0 Å². The van der Waals surface area contributed by atoms with Crippen LogP contribution in [0.2, 0.25) is 0 Å². The first-order valence-electron chi connectivity index (χ1n) is 14.4. The summed E-state index contributed by atoms with van der Waals surface area (Å²) in [6, 6.07) is 17.3. The second-order valence-electron chi connectivity index (χ2n) is 10.8. The zero-order valence-electron chi connectivity index (χ0n) is 23.6. The van der Waals surface area contributed by atoms with Crippen molar-refractivity contribution >= 4 is 22.7 Å². The Kier molecular flexibility index (Phi) is 9.07. The van der Waals surface area contributed by atoms with Crippen molar-refractivity contribution in [3.63, 3.8) is 0 Å². The van der Waals surface area contributed by atoms with Crippen LogP contribution in [-0.4, -0.2) is 57.8 Å². The van der Waals surface area contributed by atoms with Crippen LogP contribution in [0.1, 0.15) is 48.9 Å². The summed E-state index contributed by atoms with van der Waals surface area (Å²) >= 11 is 0. The van der Waals surface area contributed by atoms with E-state index in [1.165, 1.54) is 91.6 Å². The quantitative estimate of drug-likeness (QED) is 0.297. The molecule has 2 saturated heterocycles. The van der Waals surface area contributed by atoms with Crippen molar-refractivity contribution in [2.24, 2.45) is 7.05 Å². The van der Waals surface area contributed by atoms with Crippen LogP contribution in [0.3, 0.4) is 0 Å². The highest BCUT2D eigenvalue weighted by atomic mass is 15.3. The summed E-state index contributed by atoms with van der Waals surface area (Å²) in [5, 5.41) is 10.0. The third kappa shape index (κ3) is 6.94. The highest BCUT2D eigenvalue weighted by molar-refractivity contribution is 5.88. The maximum absolute atomic E-state index is 4.54. The van der Waals surface area contributed by atoms with Crippen molar-refractivity contribution in [3.8, 4) is 11.1 Å². The summed E-state index contributed by atoms with van der Waals surface area (Å²) in [7, 11) is 3.95. The van der Waals surface area contributed by atoms with Gasteiger partial charge in [0.05, 0.1) is 11.9 Å². The number of hydrogen-bond acceptors (Lipinski definition) is 5. The topological polar surface area (TPSA) is 49.2 Å². The van der Waals surface area contributed by atoms with Crippen molar-refractivity contribution in [3.05, 3.63) is 84.3 Å². The number of rotatable bonds is 7. The van der Waals surface area contributed by atoms with E-state index in [9.17, 15) is 0 Å². The zero-order valence-corrected chi connectivity index (χ0v) is 23.6. The van der Waals surface area contributed by atoms with E-state index in [-0.39, 0.29) is 0 Å². The minimum absolute atomic E-state index is 0.893. The molecule has 4 aromatic rings. The molecule has 6 rings (SSSR count). The molecule has 0 saturated carbocycles. The number of aryl methyl sites for hydroxylation is 1. The molecule has 204 valence electrons. The van der Waals surface area contributed by atoms with Crippen LogP contribution in [-0.2, 0) is 20.1 Å². The highest BCUT2D eigenvalue weighted by Gasteiger charge is 2.17. The van der Waals surface area contributed by atoms with Gasteiger partial charge in [-0.3, -0.25) is 14.5 Å². The molecule has 0 bridgehead atoms. The fourth-order valence-corrected chi connectivity index (χ4v) is 5.68. The second-order valence-corrected chi connectivity index (χ2v) is 10.8. The largest absolute Gasteiger partial charge is 0.373 e. The van der Waals surface area contributed by atoms with Crippen LogP contribution in [0.15, 0.2) is 67.5 Å². The van der Waals surface area contributed by atoms with Crippen LogP contribution in [0.5, 0.6) is 0 Å². The van der Waals surface area contributed by atoms with Crippen molar-refractivity contribution in [2.75, 3.05) is 38.5 Å². The normalized spacial score (nSPS) is 16.2. The SMILES string of the molecule is C=Cc1cccc(CN2CCCC2)c1.CNc1cc2cc(-c3cnn(C)c3CN3CCCCC3)ccc2cn1. The molecule has 39 heavy (non-hydrogen) atoms. The van der Waals surface area contributed by atoms with Crippen molar-refractivity contribution in [1.82, 2.24) is 24.6 Å². The summed E-state index contributed by atoms with van der Waals surface area (Å²) in [4.78, 5) is 9.46. The van der Waals surface area contributed by atoms with Gasteiger partial charge >= 0.3 is 0 Å². The Bertz CT molecular complexity index is 1380. The molecule has 2 fully saturated rings. The second kappa shape index (κ2) is 13.0. The zero-order chi connectivity index (χ0) is 27.0. The van der Waals surface area contributed by atoms with Gasteiger partial charge in [-0.1, -0.05) is 55.5 Å². The number of fused-ring (bicyclic) bond motifs is 1. The molecular weight excluding hydrogens is 480 g/mol. The Hall–Kier alpha value is -3.48. The number of piperidine rings is 1. The number of anilines is 1. The van der Waals surface area contributed by atoms with Gasteiger partial charge in [0.2, 0.25) is 0 Å². The third-order valence-electron chi connectivity index (χ3n) is 7.96. The smallest absolute Gasteiger partial charge is 0.126 e. The molecule has 0 unspecified atom stereocenters. The van der Waals surface area contributed by atoms with E-state index in [4.69, 9.17) is 0 Å². The van der Waals surface area contributed by atoms with E-state index in [1.54, 1.807) is 0 Å². The maximum atomic E-state index is 4.54. The molecule has 0 spiro atoms. The fraction of sp³-hybridized carbons (Fsp3) is 0.394. The van der Waals surface area contributed by atoms with Crippen LogP contribution in [0, 0.1) is 0 Å². The van der Waals surface area contributed by atoms with Gasteiger partial charge in [-0.15, -0.1) is 0 Å². The standard InChI is InChI=1S/C20H25N5.C13H17N/c1-21-20-11-17-10-15(6-7-16(17)12-22-20)18-13-23-24(2)19(18)14-25-8-4-3-5-9-25;1-2-12-6-5-7-13(10-12)11-14-8-3-4-9-14/h6-7,10-13H,3-5,8-9,14H2,1-2H3,(H,21,22);2,5-7,10H,1,3-4,8-9,11H2. The van der Waals surface area contributed by atoms with E-state index in [1.807, 2.05) is 37.2 Å². The fourth-order valence-electron chi connectivity index (χ4n) is 5.68. The summed E-state index contributed by atoms with van der Waals surface area (Å²) in [5.74, 6) is 0.893. The molecule has 0 amide bonds. The minimum Gasteiger partial charge on any atom is -0.373 e. The van der Waals surface area contributed by atoms with E-state index in [2.05, 4.69) is 80.3 Å². The number of benzene rings is 2. The predicted octanol–water partition coefficient (Wildman–Crippen LogP) is 6.59. The Morgan fingerprint density at radius 2 is 1.59 bits per heavy atom. The molecule has 0 radical (unpaired) electrons. The Labute approximate surface area is 233 Å². The molecule has 2 aromatic carbocycles. The first-order chi connectivity index (χ1) is 19.1. The monoisotopic (exact) mass is 522 g/mol. The molecule has 2 aliphatic rings. The molecular formula is C33H42N6. The van der Waals surface area contributed by atoms with Gasteiger partial charge < -0.3 is 5.32 Å². The average Bonchev–Trinajstić information content (AvgIpc) is 3.63. The van der Waals surface area contributed by atoms with Crippen molar-refractivity contribution < 1.29 is 0 Å². The van der Waals surface area contributed by atoms with Gasteiger partial charge in [-0.05, 0) is 86.1 Å². The Morgan fingerprint density at radius 3 is 2.33 bits per heavy atom. The molecule has 0 aliphatic carbocycles. The molecule has 2 aliphatic heterocycles. The van der Waals surface area contributed by atoms with Crippen LogP contribution >= 0.6 is 0 Å².